The Morgan fingerprint density at radius 2 is 2.42 bits per heavy atom. The van der Waals surface area contributed by atoms with E-state index in [0.717, 1.165) is 10.9 Å². The molecule has 2 rings (SSSR count). The first-order valence-electron chi connectivity index (χ1n) is 3.86. The molecule has 0 spiro atoms. The molecule has 12 heavy (non-hydrogen) atoms. The van der Waals surface area contributed by atoms with Gasteiger partial charge in [0.1, 0.15) is 0 Å². The van der Waals surface area contributed by atoms with E-state index in [4.69, 9.17) is 10.2 Å². The van der Waals surface area contributed by atoms with Crippen LogP contribution in [-0.4, -0.2) is 4.98 Å². The van der Waals surface area contributed by atoms with Gasteiger partial charge in [-0.1, -0.05) is 0 Å². The monoisotopic (exact) mass is 162 g/mol. The van der Waals surface area contributed by atoms with Crippen molar-refractivity contribution in [2.24, 2.45) is 5.73 Å². The van der Waals surface area contributed by atoms with Gasteiger partial charge in [-0.05, 0) is 24.6 Å². The molecular formula is C9H10N2O. The van der Waals surface area contributed by atoms with Crippen molar-refractivity contribution in [2.75, 3.05) is 0 Å². The lowest BCUT2D eigenvalue weighted by atomic mass is 10.1. The van der Waals surface area contributed by atoms with Gasteiger partial charge in [0.25, 0.3) is 0 Å². The molecule has 2 aromatic rings. The van der Waals surface area contributed by atoms with Crippen LogP contribution in [0.3, 0.4) is 0 Å². The number of nitrogens with two attached hydrogens (primary N) is 1. The predicted octanol–water partition coefficient (Wildman–Crippen LogP) is 1.85. The summed E-state index contributed by atoms with van der Waals surface area (Å²) in [7, 11) is 0. The quantitative estimate of drug-likeness (QED) is 0.696. The van der Waals surface area contributed by atoms with Crippen molar-refractivity contribution in [3.63, 3.8) is 0 Å². The molecule has 3 heteroatoms. The van der Waals surface area contributed by atoms with Crippen LogP contribution in [0, 0.1) is 0 Å². The van der Waals surface area contributed by atoms with Crippen molar-refractivity contribution in [1.29, 1.82) is 0 Å². The normalized spacial score (nSPS) is 13.5. The van der Waals surface area contributed by atoms with Gasteiger partial charge < -0.3 is 10.2 Å². The standard InChI is InChI=1S/C9H10N2O/c1-6(10)8-4-7-2-3-12-9(7)11-5-8/h2-6H,10H2,1H3. The lowest BCUT2D eigenvalue weighted by molar-refractivity contribution is 0.602. The number of hydrogen-bond donors (Lipinski definition) is 1. The molecular weight excluding hydrogens is 152 g/mol. The van der Waals surface area contributed by atoms with Crippen LogP contribution >= 0.6 is 0 Å². The van der Waals surface area contributed by atoms with Crippen molar-refractivity contribution in [2.45, 2.75) is 13.0 Å². The van der Waals surface area contributed by atoms with E-state index < -0.39 is 0 Å². The first-order valence-corrected chi connectivity index (χ1v) is 3.86. The van der Waals surface area contributed by atoms with E-state index in [-0.39, 0.29) is 6.04 Å². The average Bonchev–Trinajstić information content (AvgIpc) is 2.49. The molecule has 0 aliphatic carbocycles. The smallest absolute Gasteiger partial charge is 0.225 e. The van der Waals surface area contributed by atoms with E-state index in [1.165, 1.54) is 0 Å². The van der Waals surface area contributed by atoms with Crippen molar-refractivity contribution in [3.05, 3.63) is 30.2 Å². The summed E-state index contributed by atoms with van der Waals surface area (Å²) in [5.41, 5.74) is 7.40. The highest BCUT2D eigenvalue weighted by Gasteiger charge is 2.02. The van der Waals surface area contributed by atoms with Gasteiger partial charge in [-0.15, -0.1) is 0 Å². The zero-order chi connectivity index (χ0) is 8.55. The fourth-order valence-electron chi connectivity index (χ4n) is 1.12. The van der Waals surface area contributed by atoms with Crippen LogP contribution in [-0.2, 0) is 0 Å². The fraction of sp³-hybridized carbons (Fsp3) is 0.222. The molecule has 0 aliphatic rings. The van der Waals surface area contributed by atoms with Crippen LogP contribution in [0.5, 0.6) is 0 Å². The number of hydrogen-bond acceptors (Lipinski definition) is 3. The van der Waals surface area contributed by atoms with Crippen LogP contribution in [0.25, 0.3) is 11.1 Å². The van der Waals surface area contributed by atoms with Crippen LogP contribution in [0.15, 0.2) is 29.0 Å². The van der Waals surface area contributed by atoms with E-state index in [1.807, 2.05) is 19.1 Å². The molecule has 2 aromatic heterocycles. The molecule has 62 valence electrons. The fourth-order valence-corrected chi connectivity index (χ4v) is 1.12. The Hall–Kier alpha value is -1.35. The highest BCUT2D eigenvalue weighted by Crippen LogP contribution is 2.16. The number of furan rings is 1. The number of rotatable bonds is 1. The third-order valence-corrected chi connectivity index (χ3v) is 1.85. The van der Waals surface area contributed by atoms with Crippen molar-refractivity contribution in [1.82, 2.24) is 4.98 Å². The summed E-state index contributed by atoms with van der Waals surface area (Å²) in [5, 5.41) is 1.00. The molecule has 0 radical (unpaired) electrons. The Bertz CT molecular complexity index is 392. The summed E-state index contributed by atoms with van der Waals surface area (Å²) < 4.78 is 5.10. The Kier molecular flexibility index (Phi) is 1.59. The minimum Gasteiger partial charge on any atom is -0.446 e. The minimum atomic E-state index is 0.0248. The van der Waals surface area contributed by atoms with Gasteiger partial charge in [-0.25, -0.2) is 4.98 Å². The predicted molar refractivity (Wildman–Crippen MR) is 46.6 cm³/mol. The van der Waals surface area contributed by atoms with Crippen molar-refractivity contribution in [3.8, 4) is 0 Å². The van der Waals surface area contributed by atoms with Crippen molar-refractivity contribution < 1.29 is 4.42 Å². The maximum Gasteiger partial charge on any atom is 0.225 e. The molecule has 0 saturated heterocycles. The van der Waals surface area contributed by atoms with Crippen LogP contribution in [0.1, 0.15) is 18.5 Å². The summed E-state index contributed by atoms with van der Waals surface area (Å²) in [6.07, 6.45) is 3.37. The van der Waals surface area contributed by atoms with Crippen LogP contribution < -0.4 is 5.73 Å². The molecule has 2 N–H and O–H groups in total. The molecule has 3 nitrogen and oxygen atoms in total. The minimum absolute atomic E-state index is 0.0248. The summed E-state index contributed by atoms with van der Waals surface area (Å²) in [4.78, 5) is 4.12. The van der Waals surface area contributed by atoms with Crippen LogP contribution in [0.4, 0.5) is 0 Å². The van der Waals surface area contributed by atoms with Gasteiger partial charge in [-0.2, -0.15) is 0 Å². The van der Waals surface area contributed by atoms with Gasteiger partial charge in [0.05, 0.1) is 6.26 Å². The zero-order valence-electron chi connectivity index (χ0n) is 6.82. The Balaban J connectivity index is 2.60. The number of pyridine rings is 1. The van der Waals surface area contributed by atoms with E-state index in [9.17, 15) is 0 Å². The van der Waals surface area contributed by atoms with Gasteiger partial charge in [0, 0.05) is 17.6 Å². The third kappa shape index (κ3) is 1.08. The Morgan fingerprint density at radius 1 is 1.58 bits per heavy atom. The lowest BCUT2D eigenvalue weighted by Gasteiger charge is -2.02. The lowest BCUT2D eigenvalue weighted by Crippen LogP contribution is -2.04. The second-order valence-electron chi connectivity index (χ2n) is 2.87. The highest BCUT2D eigenvalue weighted by atomic mass is 16.3. The second kappa shape index (κ2) is 2.60. The van der Waals surface area contributed by atoms with Gasteiger partial charge in [0.2, 0.25) is 5.71 Å². The number of nitrogens with zero attached hydrogens (tertiary/aromatic N) is 1. The van der Waals surface area contributed by atoms with Gasteiger partial charge >= 0.3 is 0 Å². The largest absolute Gasteiger partial charge is 0.446 e. The zero-order valence-corrected chi connectivity index (χ0v) is 6.82. The Labute approximate surface area is 70.2 Å². The van der Waals surface area contributed by atoms with E-state index in [2.05, 4.69) is 4.98 Å². The number of fused-ring (bicyclic) bond motifs is 1. The average molecular weight is 162 g/mol. The first-order chi connectivity index (χ1) is 5.77. The summed E-state index contributed by atoms with van der Waals surface area (Å²) in [5.74, 6) is 0. The molecule has 1 unspecified atom stereocenters. The molecule has 0 amide bonds. The molecule has 0 fully saturated rings. The van der Waals surface area contributed by atoms with E-state index in [1.54, 1.807) is 12.5 Å². The SMILES string of the molecule is CC(N)c1cnc2occc2c1. The van der Waals surface area contributed by atoms with Crippen molar-refractivity contribution >= 4 is 11.1 Å². The molecule has 1 atom stereocenters. The molecule has 0 aromatic carbocycles. The number of aromatic nitrogens is 1. The summed E-state index contributed by atoms with van der Waals surface area (Å²) in [6, 6.07) is 3.90. The van der Waals surface area contributed by atoms with E-state index >= 15 is 0 Å². The van der Waals surface area contributed by atoms with Crippen LogP contribution in [0.2, 0.25) is 0 Å². The maximum absolute atomic E-state index is 5.70. The van der Waals surface area contributed by atoms with Gasteiger partial charge in [-0.3, -0.25) is 0 Å². The molecule has 0 bridgehead atoms. The topological polar surface area (TPSA) is 52.0 Å². The highest BCUT2D eigenvalue weighted by molar-refractivity contribution is 5.73. The molecule has 0 saturated carbocycles. The second-order valence-corrected chi connectivity index (χ2v) is 2.87. The molecule has 2 heterocycles. The van der Waals surface area contributed by atoms with E-state index in [0.29, 0.717) is 5.71 Å². The Morgan fingerprint density at radius 3 is 3.17 bits per heavy atom. The first kappa shape index (κ1) is 7.31. The van der Waals surface area contributed by atoms with Gasteiger partial charge in [0.15, 0.2) is 0 Å². The molecule has 0 aliphatic heterocycles. The maximum atomic E-state index is 5.70. The summed E-state index contributed by atoms with van der Waals surface area (Å²) in [6.45, 7) is 1.93. The third-order valence-electron chi connectivity index (χ3n) is 1.85. The summed E-state index contributed by atoms with van der Waals surface area (Å²) >= 11 is 0.